The molecule has 116 valence electrons. The standard InChI is InChI=1S/C10H9F3N2O6/c1-3-20-9(16)5-4-14-8(19-2)6(15(17)18)7(5)21-10(11,12)13/h4H,3H2,1-2H3. The number of carbonyl (C=O) groups is 1. The lowest BCUT2D eigenvalue weighted by Gasteiger charge is -2.13. The number of methoxy groups -OCH3 is 1. The normalized spacial score (nSPS) is 10.9. The van der Waals surface area contributed by atoms with Gasteiger partial charge >= 0.3 is 18.0 Å². The van der Waals surface area contributed by atoms with Crippen LogP contribution >= 0.6 is 0 Å². The number of nitrogens with zero attached hydrogens (tertiary/aromatic N) is 2. The largest absolute Gasteiger partial charge is 0.573 e. The number of esters is 1. The lowest BCUT2D eigenvalue weighted by Crippen LogP contribution is -2.21. The van der Waals surface area contributed by atoms with Gasteiger partial charge in [0.2, 0.25) is 5.75 Å². The number of rotatable bonds is 5. The summed E-state index contributed by atoms with van der Waals surface area (Å²) in [6, 6.07) is 0. The molecule has 0 aromatic carbocycles. The van der Waals surface area contributed by atoms with Crippen LogP contribution in [0.3, 0.4) is 0 Å². The molecule has 0 spiro atoms. The molecule has 8 nitrogen and oxygen atoms in total. The molecule has 21 heavy (non-hydrogen) atoms. The SMILES string of the molecule is CCOC(=O)c1cnc(OC)c([N+](=O)[O-])c1OC(F)(F)F. The highest BCUT2D eigenvalue weighted by Gasteiger charge is 2.40. The summed E-state index contributed by atoms with van der Waals surface area (Å²) in [5, 5.41) is 10.9. The van der Waals surface area contributed by atoms with E-state index in [9.17, 15) is 28.1 Å². The Morgan fingerprint density at radius 3 is 2.52 bits per heavy atom. The molecule has 1 rings (SSSR count). The van der Waals surface area contributed by atoms with Crippen LogP contribution in [0, 0.1) is 10.1 Å². The number of pyridine rings is 1. The number of nitro groups is 1. The van der Waals surface area contributed by atoms with Gasteiger partial charge in [0.1, 0.15) is 5.56 Å². The molecule has 0 aliphatic rings. The lowest BCUT2D eigenvalue weighted by molar-refractivity contribution is -0.390. The van der Waals surface area contributed by atoms with E-state index in [0.29, 0.717) is 6.20 Å². The highest BCUT2D eigenvalue weighted by Crippen LogP contribution is 2.40. The van der Waals surface area contributed by atoms with Crippen LogP contribution in [0.2, 0.25) is 0 Å². The van der Waals surface area contributed by atoms with Gasteiger partial charge in [0.15, 0.2) is 0 Å². The van der Waals surface area contributed by atoms with Crippen LogP contribution in [-0.2, 0) is 4.74 Å². The minimum absolute atomic E-state index is 0.149. The van der Waals surface area contributed by atoms with Gasteiger partial charge in [-0.05, 0) is 6.92 Å². The Balaban J connectivity index is 3.54. The monoisotopic (exact) mass is 310 g/mol. The summed E-state index contributed by atoms with van der Waals surface area (Å²) in [7, 11) is 0.969. The van der Waals surface area contributed by atoms with Crippen molar-refractivity contribution in [3.8, 4) is 11.6 Å². The minimum Gasteiger partial charge on any atom is -0.476 e. The Kier molecular flexibility index (Phi) is 4.89. The van der Waals surface area contributed by atoms with Crippen molar-refractivity contribution in [3.63, 3.8) is 0 Å². The Morgan fingerprint density at radius 1 is 1.48 bits per heavy atom. The Labute approximate surface area is 115 Å². The highest BCUT2D eigenvalue weighted by atomic mass is 19.4. The van der Waals surface area contributed by atoms with Crippen molar-refractivity contribution < 1.29 is 37.1 Å². The van der Waals surface area contributed by atoms with E-state index in [2.05, 4.69) is 19.2 Å². The van der Waals surface area contributed by atoms with Crippen molar-refractivity contribution in [1.29, 1.82) is 0 Å². The zero-order valence-electron chi connectivity index (χ0n) is 10.8. The minimum atomic E-state index is -5.25. The zero-order valence-corrected chi connectivity index (χ0v) is 10.8. The van der Waals surface area contributed by atoms with E-state index >= 15 is 0 Å². The molecule has 0 saturated carbocycles. The molecular formula is C10H9F3N2O6. The van der Waals surface area contributed by atoms with Crippen molar-refractivity contribution >= 4 is 11.7 Å². The molecule has 0 bridgehead atoms. The maximum Gasteiger partial charge on any atom is 0.573 e. The van der Waals surface area contributed by atoms with Gasteiger partial charge in [-0.1, -0.05) is 0 Å². The fraction of sp³-hybridized carbons (Fsp3) is 0.400. The van der Waals surface area contributed by atoms with E-state index in [1.54, 1.807) is 0 Å². The average molecular weight is 310 g/mol. The van der Waals surface area contributed by atoms with Gasteiger partial charge in [-0.25, -0.2) is 9.78 Å². The topological polar surface area (TPSA) is 101 Å². The molecule has 0 atom stereocenters. The number of alkyl halides is 3. The average Bonchev–Trinajstić information content (AvgIpc) is 2.35. The second kappa shape index (κ2) is 6.24. The van der Waals surface area contributed by atoms with Crippen molar-refractivity contribution in [2.75, 3.05) is 13.7 Å². The number of hydrogen-bond acceptors (Lipinski definition) is 7. The van der Waals surface area contributed by atoms with Gasteiger partial charge in [-0.15, -0.1) is 13.2 Å². The van der Waals surface area contributed by atoms with E-state index in [4.69, 9.17) is 0 Å². The summed E-state index contributed by atoms with van der Waals surface area (Å²) >= 11 is 0. The zero-order chi connectivity index (χ0) is 16.2. The van der Waals surface area contributed by atoms with E-state index in [-0.39, 0.29) is 6.61 Å². The molecule has 0 fully saturated rings. The first kappa shape index (κ1) is 16.5. The van der Waals surface area contributed by atoms with E-state index in [1.807, 2.05) is 0 Å². The van der Waals surface area contributed by atoms with Gasteiger partial charge in [-0.2, -0.15) is 0 Å². The highest BCUT2D eigenvalue weighted by molar-refractivity contribution is 5.94. The van der Waals surface area contributed by atoms with Crippen LogP contribution in [0.5, 0.6) is 11.6 Å². The van der Waals surface area contributed by atoms with E-state index in [1.165, 1.54) is 6.92 Å². The fourth-order valence-corrected chi connectivity index (χ4v) is 1.35. The Bertz CT molecular complexity index is 560. The number of carbonyl (C=O) groups excluding carboxylic acids is 1. The van der Waals surface area contributed by atoms with Crippen LogP contribution in [0.25, 0.3) is 0 Å². The molecule has 0 saturated heterocycles. The van der Waals surface area contributed by atoms with Crippen molar-refractivity contribution in [3.05, 3.63) is 21.9 Å². The predicted octanol–water partition coefficient (Wildman–Crippen LogP) is 2.07. The molecule has 1 aromatic heterocycles. The smallest absolute Gasteiger partial charge is 0.476 e. The van der Waals surface area contributed by atoms with Crippen LogP contribution in [0.1, 0.15) is 17.3 Å². The summed E-state index contributed by atoms with van der Waals surface area (Å²) in [6.07, 6.45) is -4.61. The number of hydrogen-bond donors (Lipinski definition) is 0. The van der Waals surface area contributed by atoms with Crippen molar-refractivity contribution in [2.24, 2.45) is 0 Å². The molecule has 0 radical (unpaired) electrons. The predicted molar refractivity (Wildman–Crippen MR) is 60.1 cm³/mol. The second-order valence-electron chi connectivity index (χ2n) is 3.38. The van der Waals surface area contributed by atoms with Gasteiger partial charge in [0.25, 0.3) is 5.88 Å². The molecular weight excluding hydrogens is 301 g/mol. The third-order valence-corrected chi connectivity index (χ3v) is 2.06. The first-order valence-corrected chi connectivity index (χ1v) is 5.35. The Morgan fingerprint density at radius 2 is 2.10 bits per heavy atom. The third-order valence-electron chi connectivity index (χ3n) is 2.06. The van der Waals surface area contributed by atoms with E-state index < -0.39 is 40.1 Å². The van der Waals surface area contributed by atoms with Gasteiger partial charge in [0.05, 0.1) is 18.6 Å². The summed E-state index contributed by atoms with van der Waals surface area (Å²) in [5.41, 5.74) is -2.05. The quantitative estimate of drug-likeness (QED) is 0.466. The summed E-state index contributed by atoms with van der Waals surface area (Å²) < 4.78 is 49.8. The number of ether oxygens (including phenoxy) is 3. The van der Waals surface area contributed by atoms with Gasteiger partial charge in [0, 0.05) is 6.20 Å². The summed E-state index contributed by atoms with van der Waals surface area (Å²) in [6.45, 7) is 1.26. The van der Waals surface area contributed by atoms with Gasteiger partial charge in [-0.3, -0.25) is 10.1 Å². The number of aromatic nitrogens is 1. The van der Waals surface area contributed by atoms with Crippen molar-refractivity contribution in [1.82, 2.24) is 4.98 Å². The molecule has 0 N–H and O–H groups in total. The molecule has 0 amide bonds. The Hall–Kier alpha value is -2.59. The van der Waals surface area contributed by atoms with Gasteiger partial charge < -0.3 is 14.2 Å². The molecule has 1 aromatic rings. The van der Waals surface area contributed by atoms with Crippen LogP contribution in [0.15, 0.2) is 6.20 Å². The summed E-state index contributed by atoms with van der Waals surface area (Å²) in [5.74, 6) is -3.31. The number of halogens is 3. The first-order chi connectivity index (χ1) is 9.71. The third kappa shape index (κ3) is 3.94. The van der Waals surface area contributed by atoms with Crippen LogP contribution in [0.4, 0.5) is 18.9 Å². The molecule has 0 aliphatic carbocycles. The second-order valence-corrected chi connectivity index (χ2v) is 3.38. The van der Waals surface area contributed by atoms with Crippen LogP contribution in [-0.4, -0.2) is 36.0 Å². The molecule has 1 heterocycles. The summed E-state index contributed by atoms with van der Waals surface area (Å²) in [4.78, 5) is 24.7. The molecule has 0 aliphatic heterocycles. The van der Waals surface area contributed by atoms with Crippen LogP contribution < -0.4 is 9.47 Å². The maximum atomic E-state index is 12.4. The van der Waals surface area contributed by atoms with Crippen molar-refractivity contribution in [2.45, 2.75) is 13.3 Å². The lowest BCUT2D eigenvalue weighted by atomic mass is 10.2. The maximum absolute atomic E-state index is 12.4. The first-order valence-electron chi connectivity index (χ1n) is 5.35. The molecule has 0 unspecified atom stereocenters. The van der Waals surface area contributed by atoms with E-state index in [0.717, 1.165) is 7.11 Å². The molecule has 11 heteroatoms. The fourth-order valence-electron chi connectivity index (χ4n) is 1.35.